The Balaban J connectivity index is 1.97. The number of hydrogen-bond acceptors (Lipinski definition) is 3. The molecule has 0 aliphatic carbocycles. The molecule has 0 saturated carbocycles. The van der Waals surface area contributed by atoms with Crippen LogP contribution in [0.1, 0.15) is 39.2 Å². The van der Waals surface area contributed by atoms with Crippen molar-refractivity contribution in [3.05, 3.63) is 28.8 Å². The minimum atomic E-state index is -0.194. The Hall–Kier alpha value is -0.770. The van der Waals surface area contributed by atoms with Crippen LogP contribution in [0.3, 0.4) is 0 Å². The van der Waals surface area contributed by atoms with E-state index < -0.39 is 0 Å². The molecule has 21 heavy (non-hydrogen) atoms. The average Bonchev–Trinajstić information content (AvgIpc) is 2.46. The Bertz CT molecular complexity index is 454. The molecule has 0 radical (unpaired) electrons. The van der Waals surface area contributed by atoms with Gasteiger partial charge in [0.1, 0.15) is 0 Å². The van der Waals surface area contributed by atoms with Gasteiger partial charge in [-0.15, -0.1) is 0 Å². The average molecular weight is 311 g/mol. The Kier molecular flexibility index (Phi) is 5.91. The first-order valence-electron chi connectivity index (χ1n) is 7.92. The van der Waals surface area contributed by atoms with Gasteiger partial charge in [0, 0.05) is 36.4 Å². The van der Waals surface area contributed by atoms with Crippen LogP contribution < -0.4 is 10.2 Å². The number of nitrogens with zero attached hydrogens (tertiary/aromatic N) is 1. The molecule has 1 aromatic carbocycles. The van der Waals surface area contributed by atoms with E-state index in [0.29, 0.717) is 12.0 Å². The van der Waals surface area contributed by atoms with E-state index in [-0.39, 0.29) is 6.10 Å². The van der Waals surface area contributed by atoms with Gasteiger partial charge in [0.2, 0.25) is 0 Å². The third-order valence-corrected chi connectivity index (χ3v) is 4.68. The minimum absolute atomic E-state index is 0.194. The van der Waals surface area contributed by atoms with Crippen LogP contribution in [0.15, 0.2) is 18.2 Å². The Labute approximate surface area is 133 Å². The van der Waals surface area contributed by atoms with Crippen LogP contribution in [-0.2, 0) is 6.54 Å². The van der Waals surface area contributed by atoms with Crippen LogP contribution in [-0.4, -0.2) is 30.3 Å². The molecule has 1 fully saturated rings. The predicted octanol–water partition coefficient (Wildman–Crippen LogP) is 3.44. The summed E-state index contributed by atoms with van der Waals surface area (Å²) in [6.45, 7) is 8.96. The van der Waals surface area contributed by atoms with Crippen molar-refractivity contribution in [2.24, 2.45) is 5.92 Å². The quantitative estimate of drug-likeness (QED) is 0.874. The molecule has 2 rings (SSSR count). The fourth-order valence-electron chi connectivity index (χ4n) is 2.83. The van der Waals surface area contributed by atoms with E-state index in [0.717, 1.165) is 43.1 Å². The normalized spacial score (nSPS) is 18.3. The summed E-state index contributed by atoms with van der Waals surface area (Å²) in [6.07, 6.45) is 1.90. The van der Waals surface area contributed by atoms with Crippen molar-refractivity contribution >= 4 is 17.3 Å². The van der Waals surface area contributed by atoms with E-state index >= 15 is 0 Å². The van der Waals surface area contributed by atoms with E-state index in [1.807, 2.05) is 6.92 Å². The standard InChI is InChI=1S/C17H27ClN2O/c1-12(2)19-11-15-4-5-16(10-17(15)18)20-8-6-14(7-9-20)13(3)21/h4-5,10,12-14,19,21H,6-9,11H2,1-3H3. The van der Waals surface area contributed by atoms with Gasteiger partial charge < -0.3 is 15.3 Å². The molecule has 3 nitrogen and oxygen atoms in total. The lowest BCUT2D eigenvalue weighted by Gasteiger charge is -2.35. The van der Waals surface area contributed by atoms with E-state index in [4.69, 9.17) is 11.6 Å². The summed E-state index contributed by atoms with van der Waals surface area (Å²) in [7, 11) is 0. The zero-order valence-electron chi connectivity index (χ0n) is 13.3. The number of anilines is 1. The molecule has 1 aromatic rings. The number of piperidine rings is 1. The molecule has 1 atom stereocenters. The highest BCUT2D eigenvalue weighted by Gasteiger charge is 2.23. The largest absolute Gasteiger partial charge is 0.393 e. The fourth-order valence-corrected chi connectivity index (χ4v) is 3.07. The summed E-state index contributed by atoms with van der Waals surface area (Å²) >= 11 is 6.40. The lowest BCUT2D eigenvalue weighted by molar-refractivity contribution is 0.110. The van der Waals surface area contributed by atoms with Gasteiger partial charge in [-0.2, -0.15) is 0 Å². The number of hydrogen-bond donors (Lipinski definition) is 2. The molecule has 1 saturated heterocycles. The van der Waals surface area contributed by atoms with Crippen molar-refractivity contribution in [1.29, 1.82) is 0 Å². The first kappa shape index (κ1) is 16.6. The number of benzene rings is 1. The van der Waals surface area contributed by atoms with Crippen LogP contribution in [0.25, 0.3) is 0 Å². The van der Waals surface area contributed by atoms with Crippen LogP contribution in [0.4, 0.5) is 5.69 Å². The first-order valence-corrected chi connectivity index (χ1v) is 8.30. The monoisotopic (exact) mass is 310 g/mol. The lowest BCUT2D eigenvalue weighted by atomic mass is 9.92. The second-order valence-corrected chi connectivity index (χ2v) is 6.78. The Morgan fingerprint density at radius 1 is 1.29 bits per heavy atom. The highest BCUT2D eigenvalue weighted by Crippen LogP contribution is 2.28. The first-order chi connectivity index (χ1) is 9.97. The molecule has 1 aliphatic heterocycles. The van der Waals surface area contributed by atoms with Crippen molar-refractivity contribution in [2.45, 2.75) is 52.3 Å². The highest BCUT2D eigenvalue weighted by molar-refractivity contribution is 6.31. The number of rotatable bonds is 5. The summed E-state index contributed by atoms with van der Waals surface area (Å²) in [5.74, 6) is 0.436. The van der Waals surface area contributed by atoms with E-state index in [2.05, 4.69) is 42.3 Å². The molecule has 1 heterocycles. The third kappa shape index (κ3) is 4.60. The molecule has 2 N–H and O–H groups in total. The van der Waals surface area contributed by atoms with Gasteiger partial charge >= 0.3 is 0 Å². The van der Waals surface area contributed by atoms with Crippen molar-refractivity contribution in [3.63, 3.8) is 0 Å². The molecule has 1 aliphatic rings. The smallest absolute Gasteiger partial charge is 0.0541 e. The van der Waals surface area contributed by atoms with Crippen molar-refractivity contribution in [1.82, 2.24) is 5.32 Å². The Morgan fingerprint density at radius 2 is 1.95 bits per heavy atom. The van der Waals surface area contributed by atoms with Crippen molar-refractivity contribution in [2.75, 3.05) is 18.0 Å². The van der Waals surface area contributed by atoms with Crippen LogP contribution in [0, 0.1) is 5.92 Å². The lowest BCUT2D eigenvalue weighted by Crippen LogP contribution is -2.37. The Morgan fingerprint density at radius 3 is 2.48 bits per heavy atom. The maximum Gasteiger partial charge on any atom is 0.0541 e. The number of halogens is 1. The number of nitrogens with one attached hydrogen (secondary N) is 1. The summed E-state index contributed by atoms with van der Waals surface area (Å²) in [6, 6.07) is 6.81. The number of aliphatic hydroxyl groups excluding tert-OH is 1. The third-order valence-electron chi connectivity index (χ3n) is 4.32. The molecular weight excluding hydrogens is 284 g/mol. The second-order valence-electron chi connectivity index (χ2n) is 6.38. The van der Waals surface area contributed by atoms with Crippen LogP contribution in [0.2, 0.25) is 5.02 Å². The topological polar surface area (TPSA) is 35.5 Å². The summed E-state index contributed by atoms with van der Waals surface area (Å²) < 4.78 is 0. The summed E-state index contributed by atoms with van der Waals surface area (Å²) in [4.78, 5) is 2.37. The van der Waals surface area contributed by atoms with Gasteiger partial charge in [-0.25, -0.2) is 0 Å². The fraction of sp³-hybridized carbons (Fsp3) is 0.647. The van der Waals surface area contributed by atoms with Crippen molar-refractivity contribution < 1.29 is 5.11 Å². The summed E-state index contributed by atoms with van der Waals surface area (Å²) in [5.41, 5.74) is 2.34. The van der Waals surface area contributed by atoms with Crippen LogP contribution >= 0.6 is 11.6 Å². The van der Waals surface area contributed by atoms with E-state index in [1.165, 1.54) is 5.69 Å². The molecule has 4 heteroatoms. The van der Waals surface area contributed by atoms with Gasteiger partial charge in [0.05, 0.1) is 6.10 Å². The summed E-state index contributed by atoms with van der Waals surface area (Å²) in [5, 5.41) is 13.9. The van der Waals surface area contributed by atoms with Gasteiger partial charge in [-0.1, -0.05) is 31.5 Å². The highest BCUT2D eigenvalue weighted by atomic mass is 35.5. The van der Waals surface area contributed by atoms with Crippen molar-refractivity contribution in [3.8, 4) is 0 Å². The van der Waals surface area contributed by atoms with Gasteiger partial charge in [-0.3, -0.25) is 0 Å². The van der Waals surface area contributed by atoms with Gasteiger partial charge in [-0.05, 0) is 43.4 Å². The maximum atomic E-state index is 9.67. The maximum absolute atomic E-state index is 9.67. The van der Waals surface area contributed by atoms with Gasteiger partial charge in [0.25, 0.3) is 0 Å². The zero-order chi connectivity index (χ0) is 15.4. The minimum Gasteiger partial charge on any atom is -0.393 e. The predicted molar refractivity (Wildman–Crippen MR) is 90.0 cm³/mol. The zero-order valence-corrected chi connectivity index (χ0v) is 14.0. The number of aliphatic hydroxyl groups is 1. The van der Waals surface area contributed by atoms with Gasteiger partial charge in [0.15, 0.2) is 0 Å². The second kappa shape index (κ2) is 7.48. The van der Waals surface area contributed by atoms with E-state index in [9.17, 15) is 5.11 Å². The van der Waals surface area contributed by atoms with Crippen LogP contribution in [0.5, 0.6) is 0 Å². The molecule has 0 amide bonds. The molecule has 0 spiro atoms. The molecule has 0 bridgehead atoms. The SMILES string of the molecule is CC(C)NCc1ccc(N2CCC(C(C)O)CC2)cc1Cl. The molecule has 1 unspecified atom stereocenters. The molecule has 0 aromatic heterocycles. The van der Waals surface area contributed by atoms with E-state index in [1.54, 1.807) is 0 Å². The molecule has 118 valence electrons. The molecular formula is C17H27ClN2O.